The van der Waals surface area contributed by atoms with Crippen molar-refractivity contribution >= 4 is 32.5 Å². The minimum absolute atomic E-state index is 0.128. The van der Waals surface area contributed by atoms with Gasteiger partial charge in [0.1, 0.15) is 23.7 Å². The number of nitrogens with one attached hydrogen (secondary N) is 1. The fourth-order valence-corrected chi connectivity index (χ4v) is 4.24. The van der Waals surface area contributed by atoms with Gasteiger partial charge in [0, 0.05) is 5.56 Å². The van der Waals surface area contributed by atoms with E-state index in [0.717, 1.165) is 41.0 Å². The van der Waals surface area contributed by atoms with Gasteiger partial charge in [0.2, 0.25) is 11.6 Å². The SMILES string of the molecule is Cc1oc2ncn3nc(C(C)NC(=O)CS(=O)(=O)c4ccc(F)cc4)nc3c2c1C. The molecule has 30 heavy (non-hydrogen) atoms. The zero-order chi connectivity index (χ0) is 21.6. The molecular weight excluding hydrogens is 413 g/mol. The third-order valence-electron chi connectivity index (χ3n) is 4.78. The van der Waals surface area contributed by atoms with E-state index in [1.807, 2.05) is 13.8 Å². The Balaban J connectivity index is 1.55. The van der Waals surface area contributed by atoms with Crippen molar-refractivity contribution in [3.63, 3.8) is 0 Å². The van der Waals surface area contributed by atoms with Crippen LogP contribution in [0.5, 0.6) is 0 Å². The molecule has 1 aromatic carbocycles. The van der Waals surface area contributed by atoms with Crippen molar-refractivity contribution in [1.82, 2.24) is 24.9 Å². The number of sulfone groups is 1. The van der Waals surface area contributed by atoms with Crippen LogP contribution in [0, 0.1) is 19.7 Å². The number of fused-ring (bicyclic) bond motifs is 3. The number of halogens is 1. The summed E-state index contributed by atoms with van der Waals surface area (Å²) in [7, 11) is -3.91. The van der Waals surface area contributed by atoms with Gasteiger partial charge < -0.3 is 9.73 Å². The molecule has 0 aliphatic heterocycles. The lowest BCUT2D eigenvalue weighted by Crippen LogP contribution is -2.33. The first-order valence-electron chi connectivity index (χ1n) is 9.04. The number of aryl methyl sites for hydroxylation is 2. The van der Waals surface area contributed by atoms with Crippen molar-refractivity contribution in [3.05, 3.63) is 53.6 Å². The second kappa shape index (κ2) is 7.17. The number of benzene rings is 1. The Morgan fingerprint density at radius 1 is 1.27 bits per heavy atom. The van der Waals surface area contributed by atoms with Crippen LogP contribution in [0.25, 0.3) is 16.7 Å². The molecule has 0 aliphatic rings. The van der Waals surface area contributed by atoms with Crippen LogP contribution < -0.4 is 5.32 Å². The average molecular weight is 431 g/mol. The third kappa shape index (κ3) is 3.52. The van der Waals surface area contributed by atoms with E-state index in [1.165, 1.54) is 10.8 Å². The Bertz CT molecular complexity index is 1380. The zero-order valence-corrected chi connectivity index (χ0v) is 17.2. The third-order valence-corrected chi connectivity index (χ3v) is 6.41. The van der Waals surface area contributed by atoms with Crippen molar-refractivity contribution in [2.45, 2.75) is 31.7 Å². The normalized spacial score (nSPS) is 13.1. The zero-order valence-electron chi connectivity index (χ0n) is 16.4. The van der Waals surface area contributed by atoms with Crippen LogP contribution in [0.3, 0.4) is 0 Å². The van der Waals surface area contributed by atoms with Gasteiger partial charge in [0.25, 0.3) is 0 Å². The maximum absolute atomic E-state index is 13.0. The van der Waals surface area contributed by atoms with Gasteiger partial charge >= 0.3 is 0 Å². The van der Waals surface area contributed by atoms with Crippen LogP contribution in [0.4, 0.5) is 4.39 Å². The van der Waals surface area contributed by atoms with E-state index in [1.54, 1.807) is 6.92 Å². The summed E-state index contributed by atoms with van der Waals surface area (Å²) in [6.45, 7) is 5.37. The van der Waals surface area contributed by atoms with Gasteiger partial charge in [-0.2, -0.15) is 0 Å². The molecule has 3 aromatic heterocycles. The van der Waals surface area contributed by atoms with Crippen LogP contribution >= 0.6 is 0 Å². The second-order valence-corrected chi connectivity index (χ2v) is 8.94. The highest BCUT2D eigenvalue weighted by molar-refractivity contribution is 7.92. The van der Waals surface area contributed by atoms with Crippen LogP contribution in [-0.2, 0) is 14.6 Å². The molecule has 1 unspecified atom stereocenters. The van der Waals surface area contributed by atoms with E-state index in [0.29, 0.717) is 17.2 Å². The van der Waals surface area contributed by atoms with Gasteiger partial charge in [0.15, 0.2) is 21.3 Å². The largest absolute Gasteiger partial charge is 0.443 e. The lowest BCUT2D eigenvalue weighted by molar-refractivity contribution is -0.119. The maximum Gasteiger partial charge on any atom is 0.236 e. The van der Waals surface area contributed by atoms with E-state index >= 15 is 0 Å². The van der Waals surface area contributed by atoms with Crippen LogP contribution in [0.15, 0.2) is 39.9 Å². The predicted molar refractivity (Wildman–Crippen MR) is 105 cm³/mol. The number of furan rings is 1. The van der Waals surface area contributed by atoms with Crippen molar-refractivity contribution in [3.8, 4) is 0 Å². The molecule has 9 nitrogen and oxygen atoms in total. The summed E-state index contributed by atoms with van der Waals surface area (Å²) in [5.74, 6) is -1.03. The highest BCUT2D eigenvalue weighted by atomic mass is 32.2. The molecule has 4 rings (SSSR count). The Labute approximate surface area is 170 Å². The molecule has 1 amide bonds. The Hall–Kier alpha value is -3.34. The van der Waals surface area contributed by atoms with Crippen LogP contribution in [0.1, 0.15) is 30.1 Å². The maximum atomic E-state index is 13.0. The number of carbonyl (C=O) groups excluding carboxylic acids is 1. The molecule has 0 saturated heterocycles. The van der Waals surface area contributed by atoms with Gasteiger partial charge in [-0.15, -0.1) is 5.10 Å². The lowest BCUT2D eigenvalue weighted by atomic mass is 10.2. The summed E-state index contributed by atoms with van der Waals surface area (Å²) in [5.41, 5.74) is 1.87. The first-order chi connectivity index (χ1) is 14.2. The summed E-state index contributed by atoms with van der Waals surface area (Å²) in [5, 5.41) is 7.64. The number of rotatable bonds is 5. The van der Waals surface area contributed by atoms with E-state index in [-0.39, 0.29) is 4.90 Å². The summed E-state index contributed by atoms with van der Waals surface area (Å²) in [6, 6.07) is 3.66. The standard InChI is InChI=1S/C19H18FN5O4S/c1-10-12(3)29-19-16(10)18-23-17(24-25(18)9-21-19)11(2)22-15(26)8-30(27,28)14-6-4-13(20)5-7-14/h4-7,9,11H,8H2,1-3H3,(H,22,26). The van der Waals surface area contributed by atoms with Crippen LogP contribution in [-0.4, -0.2) is 39.7 Å². The number of nitrogens with zero attached hydrogens (tertiary/aromatic N) is 4. The van der Waals surface area contributed by atoms with E-state index < -0.39 is 33.4 Å². The minimum Gasteiger partial charge on any atom is -0.443 e. The number of hydrogen-bond acceptors (Lipinski definition) is 7. The van der Waals surface area contributed by atoms with Gasteiger partial charge in [-0.1, -0.05) is 0 Å². The first kappa shape index (κ1) is 20.0. The van der Waals surface area contributed by atoms with Gasteiger partial charge in [-0.3, -0.25) is 4.79 Å². The van der Waals surface area contributed by atoms with Crippen molar-refractivity contribution in [2.24, 2.45) is 0 Å². The topological polar surface area (TPSA) is 119 Å². The van der Waals surface area contributed by atoms with Gasteiger partial charge in [-0.25, -0.2) is 27.3 Å². The molecule has 11 heteroatoms. The second-order valence-electron chi connectivity index (χ2n) is 6.95. The van der Waals surface area contributed by atoms with Gasteiger partial charge in [0.05, 0.1) is 16.3 Å². The molecule has 156 valence electrons. The predicted octanol–water partition coefficient (Wildman–Crippen LogP) is 2.28. The molecule has 4 aromatic rings. The molecule has 0 aliphatic carbocycles. The number of aromatic nitrogens is 4. The van der Waals surface area contributed by atoms with E-state index in [4.69, 9.17) is 4.42 Å². The molecule has 1 atom stereocenters. The fourth-order valence-electron chi connectivity index (χ4n) is 3.09. The highest BCUT2D eigenvalue weighted by Gasteiger charge is 2.23. The molecule has 0 saturated carbocycles. The van der Waals surface area contributed by atoms with E-state index in [9.17, 15) is 17.6 Å². The number of amides is 1. The van der Waals surface area contributed by atoms with Crippen LogP contribution in [0.2, 0.25) is 0 Å². The number of hydrogen-bond donors (Lipinski definition) is 1. The minimum atomic E-state index is -3.91. The van der Waals surface area contributed by atoms with Crippen molar-refractivity contribution < 1.29 is 22.0 Å². The first-order valence-corrected chi connectivity index (χ1v) is 10.7. The van der Waals surface area contributed by atoms with E-state index in [2.05, 4.69) is 20.4 Å². The monoisotopic (exact) mass is 431 g/mol. The average Bonchev–Trinajstić information content (AvgIpc) is 3.22. The quantitative estimate of drug-likeness (QED) is 0.481. The van der Waals surface area contributed by atoms with Gasteiger partial charge in [-0.05, 0) is 45.0 Å². The lowest BCUT2D eigenvalue weighted by Gasteiger charge is -2.10. The Morgan fingerprint density at radius 2 is 1.97 bits per heavy atom. The van der Waals surface area contributed by atoms with Crippen molar-refractivity contribution in [1.29, 1.82) is 0 Å². The molecule has 0 radical (unpaired) electrons. The molecule has 3 heterocycles. The summed E-state index contributed by atoms with van der Waals surface area (Å²) < 4.78 is 44.8. The smallest absolute Gasteiger partial charge is 0.236 e. The van der Waals surface area contributed by atoms with Crippen molar-refractivity contribution in [2.75, 3.05) is 5.75 Å². The Kier molecular flexibility index (Phi) is 4.77. The number of carbonyl (C=O) groups is 1. The molecule has 1 N–H and O–H groups in total. The Morgan fingerprint density at radius 3 is 2.67 bits per heavy atom. The summed E-state index contributed by atoms with van der Waals surface area (Å²) >= 11 is 0. The molecule has 0 bridgehead atoms. The molecular formula is C19H18FN5O4S. The summed E-state index contributed by atoms with van der Waals surface area (Å²) in [4.78, 5) is 20.9. The fraction of sp³-hybridized carbons (Fsp3) is 0.263. The highest BCUT2D eigenvalue weighted by Crippen LogP contribution is 2.26. The summed E-state index contributed by atoms with van der Waals surface area (Å²) in [6.07, 6.45) is 1.46. The molecule has 0 spiro atoms. The molecule has 0 fully saturated rings.